The second kappa shape index (κ2) is 13.4. The minimum Gasteiger partial charge on any atom is -0.475 e. The number of nitrogens with zero attached hydrogens (tertiary/aromatic N) is 3. The van der Waals surface area contributed by atoms with Crippen LogP contribution >= 0.6 is 24.0 Å². The van der Waals surface area contributed by atoms with E-state index in [2.05, 4.69) is 52.5 Å². The van der Waals surface area contributed by atoms with Crippen LogP contribution in [0.2, 0.25) is 0 Å². The van der Waals surface area contributed by atoms with Crippen molar-refractivity contribution in [3.63, 3.8) is 0 Å². The van der Waals surface area contributed by atoms with Gasteiger partial charge in [-0.1, -0.05) is 36.4 Å². The zero-order valence-electron chi connectivity index (χ0n) is 17.9. The van der Waals surface area contributed by atoms with Gasteiger partial charge in [-0.15, -0.1) is 24.0 Å². The monoisotopic (exact) mass is 524 g/mol. The number of ether oxygens (including phenoxy) is 2. The van der Waals surface area contributed by atoms with Crippen LogP contribution in [0.3, 0.4) is 0 Å². The Bertz CT molecular complexity index is 756. The molecule has 1 N–H and O–H groups in total. The molecule has 0 radical (unpaired) electrons. The number of hydrogen-bond donors (Lipinski definition) is 1. The molecule has 30 heavy (non-hydrogen) atoms. The highest BCUT2D eigenvalue weighted by Crippen LogP contribution is 2.21. The van der Waals surface area contributed by atoms with Crippen LogP contribution in [-0.4, -0.2) is 55.8 Å². The van der Waals surface area contributed by atoms with Crippen molar-refractivity contribution < 1.29 is 9.47 Å². The summed E-state index contributed by atoms with van der Waals surface area (Å²) in [5.41, 5.74) is 2.49. The number of hydrogen-bond acceptors (Lipinski definition) is 4. The van der Waals surface area contributed by atoms with E-state index in [0.717, 1.165) is 37.6 Å². The molecule has 1 saturated heterocycles. The van der Waals surface area contributed by atoms with Crippen LogP contribution in [0.1, 0.15) is 24.5 Å². The number of methoxy groups -OCH3 is 1. The molecular formula is C23H33IN4O2. The van der Waals surface area contributed by atoms with Crippen LogP contribution in [-0.2, 0) is 17.7 Å². The van der Waals surface area contributed by atoms with E-state index < -0.39 is 0 Å². The average Bonchev–Trinajstić information content (AvgIpc) is 3.21. The van der Waals surface area contributed by atoms with Gasteiger partial charge in [-0.25, -0.2) is 9.98 Å². The van der Waals surface area contributed by atoms with Crippen LogP contribution in [0.15, 0.2) is 53.7 Å². The summed E-state index contributed by atoms with van der Waals surface area (Å²) in [6, 6.07) is 14.7. The molecular weight excluding hydrogens is 491 g/mol. The molecule has 0 saturated carbocycles. The van der Waals surface area contributed by atoms with E-state index in [-0.39, 0.29) is 24.0 Å². The number of nitrogens with one attached hydrogen (secondary N) is 1. The van der Waals surface area contributed by atoms with Gasteiger partial charge in [0.1, 0.15) is 6.61 Å². The van der Waals surface area contributed by atoms with E-state index in [1.54, 1.807) is 7.11 Å². The third-order valence-electron chi connectivity index (χ3n) is 5.03. The number of guanidine groups is 1. The quantitative estimate of drug-likeness (QED) is 0.235. The van der Waals surface area contributed by atoms with Crippen molar-refractivity contribution in [3.8, 4) is 5.88 Å². The molecule has 164 valence electrons. The Labute approximate surface area is 197 Å². The Morgan fingerprint density at radius 3 is 2.70 bits per heavy atom. The number of halogens is 1. The minimum absolute atomic E-state index is 0. The summed E-state index contributed by atoms with van der Waals surface area (Å²) in [6.45, 7) is 6.74. The van der Waals surface area contributed by atoms with Crippen LogP contribution in [0.5, 0.6) is 5.88 Å². The van der Waals surface area contributed by atoms with Crippen LogP contribution in [0, 0.1) is 5.92 Å². The smallest absolute Gasteiger partial charge is 0.213 e. The Hall–Kier alpha value is -1.87. The van der Waals surface area contributed by atoms with Crippen molar-refractivity contribution in [3.05, 3.63) is 59.8 Å². The summed E-state index contributed by atoms with van der Waals surface area (Å²) in [7, 11) is 1.66. The molecule has 1 atom stereocenters. The maximum Gasteiger partial charge on any atom is 0.213 e. The SMILES string of the molecule is CCNC(=NCc1ccc(OCCOC)nc1)N1CCC(Cc2ccccc2)C1.I. The number of aromatic nitrogens is 1. The standard InChI is InChI=1S/C23H32N4O2.HI/c1-3-24-23(26-17-21-9-10-22(25-16-21)29-14-13-28-2)27-12-11-20(18-27)15-19-7-5-4-6-8-19;/h4-10,16,20H,3,11-15,17-18H2,1-2H3,(H,24,26);1H. The van der Waals surface area contributed by atoms with Crippen molar-refractivity contribution in [1.82, 2.24) is 15.2 Å². The molecule has 1 aliphatic rings. The maximum absolute atomic E-state index is 5.51. The molecule has 1 aromatic heterocycles. The lowest BCUT2D eigenvalue weighted by Crippen LogP contribution is -2.40. The average molecular weight is 524 g/mol. The van der Waals surface area contributed by atoms with Crippen LogP contribution in [0.4, 0.5) is 0 Å². The molecule has 6 nitrogen and oxygen atoms in total. The van der Waals surface area contributed by atoms with Gasteiger partial charge in [0.2, 0.25) is 5.88 Å². The molecule has 2 heterocycles. The maximum atomic E-state index is 5.51. The predicted octanol–water partition coefficient (Wildman–Crippen LogP) is 3.75. The summed E-state index contributed by atoms with van der Waals surface area (Å²) in [5, 5.41) is 3.44. The Balaban J connectivity index is 0.00000320. The molecule has 1 aliphatic heterocycles. The zero-order valence-corrected chi connectivity index (χ0v) is 20.2. The fourth-order valence-corrected chi connectivity index (χ4v) is 3.55. The third kappa shape index (κ3) is 7.75. The molecule has 0 amide bonds. The number of pyridine rings is 1. The lowest BCUT2D eigenvalue weighted by atomic mass is 9.99. The van der Waals surface area contributed by atoms with Gasteiger partial charge < -0.3 is 19.7 Å². The normalized spacial score (nSPS) is 16.3. The van der Waals surface area contributed by atoms with E-state index in [1.165, 1.54) is 12.0 Å². The van der Waals surface area contributed by atoms with Gasteiger partial charge in [0, 0.05) is 39.0 Å². The zero-order chi connectivity index (χ0) is 20.3. The highest BCUT2D eigenvalue weighted by atomic mass is 127. The molecule has 1 aromatic carbocycles. The van der Waals surface area contributed by atoms with Crippen molar-refractivity contribution in [1.29, 1.82) is 0 Å². The first-order chi connectivity index (χ1) is 14.3. The second-order valence-electron chi connectivity index (χ2n) is 7.31. The molecule has 0 spiro atoms. The van der Waals surface area contributed by atoms with E-state index >= 15 is 0 Å². The first-order valence-electron chi connectivity index (χ1n) is 10.4. The molecule has 7 heteroatoms. The van der Waals surface area contributed by atoms with Gasteiger partial charge in [-0.05, 0) is 36.8 Å². The lowest BCUT2D eigenvalue weighted by molar-refractivity contribution is 0.143. The largest absolute Gasteiger partial charge is 0.475 e. The van der Waals surface area contributed by atoms with Crippen LogP contribution in [0.25, 0.3) is 0 Å². The summed E-state index contributed by atoms with van der Waals surface area (Å²) < 4.78 is 10.5. The Morgan fingerprint density at radius 1 is 1.17 bits per heavy atom. The van der Waals surface area contributed by atoms with Crippen molar-refractivity contribution in [2.24, 2.45) is 10.9 Å². The first-order valence-corrected chi connectivity index (χ1v) is 10.4. The molecule has 0 bridgehead atoms. The van der Waals surface area contributed by atoms with Crippen molar-refractivity contribution in [2.75, 3.05) is 40.0 Å². The van der Waals surface area contributed by atoms with Gasteiger partial charge in [-0.2, -0.15) is 0 Å². The third-order valence-corrected chi connectivity index (χ3v) is 5.03. The molecule has 0 aliphatic carbocycles. The minimum atomic E-state index is 0. The van der Waals surface area contributed by atoms with Crippen molar-refractivity contribution in [2.45, 2.75) is 26.3 Å². The highest BCUT2D eigenvalue weighted by molar-refractivity contribution is 14.0. The van der Waals surface area contributed by atoms with Gasteiger partial charge in [0.05, 0.1) is 13.2 Å². The summed E-state index contributed by atoms with van der Waals surface area (Å²) in [6.07, 6.45) is 4.16. The number of rotatable bonds is 9. The first kappa shape index (κ1) is 24.4. The molecule has 3 rings (SSSR count). The molecule has 2 aromatic rings. The Morgan fingerprint density at radius 2 is 2.00 bits per heavy atom. The summed E-state index contributed by atoms with van der Waals surface area (Å²) in [4.78, 5) is 11.6. The van der Waals surface area contributed by atoms with E-state index in [4.69, 9.17) is 14.5 Å². The number of benzene rings is 1. The van der Waals surface area contributed by atoms with Gasteiger partial charge in [0.25, 0.3) is 0 Å². The Kier molecular flexibility index (Phi) is 10.9. The van der Waals surface area contributed by atoms with E-state index in [0.29, 0.717) is 31.6 Å². The summed E-state index contributed by atoms with van der Waals surface area (Å²) >= 11 is 0. The van der Waals surface area contributed by atoms with E-state index in [1.807, 2.05) is 18.3 Å². The lowest BCUT2D eigenvalue weighted by Gasteiger charge is -2.21. The topological polar surface area (TPSA) is 59.0 Å². The fourth-order valence-electron chi connectivity index (χ4n) is 3.55. The molecule has 1 fully saturated rings. The predicted molar refractivity (Wildman–Crippen MR) is 132 cm³/mol. The van der Waals surface area contributed by atoms with Gasteiger partial charge in [-0.3, -0.25) is 0 Å². The second-order valence-corrected chi connectivity index (χ2v) is 7.31. The molecule has 1 unspecified atom stereocenters. The summed E-state index contributed by atoms with van der Waals surface area (Å²) in [5.74, 6) is 2.28. The van der Waals surface area contributed by atoms with E-state index in [9.17, 15) is 0 Å². The highest BCUT2D eigenvalue weighted by Gasteiger charge is 2.24. The van der Waals surface area contributed by atoms with Gasteiger partial charge in [0.15, 0.2) is 5.96 Å². The number of aliphatic imine (C=N–C) groups is 1. The fraction of sp³-hybridized carbons (Fsp3) is 0.478. The number of likely N-dealkylation sites (tertiary alicyclic amines) is 1. The van der Waals surface area contributed by atoms with Gasteiger partial charge >= 0.3 is 0 Å². The van der Waals surface area contributed by atoms with Crippen LogP contribution < -0.4 is 10.1 Å². The van der Waals surface area contributed by atoms with Crippen molar-refractivity contribution >= 4 is 29.9 Å².